The van der Waals surface area contributed by atoms with Crippen molar-refractivity contribution >= 4 is 12.6 Å². The van der Waals surface area contributed by atoms with Crippen molar-refractivity contribution in [1.82, 2.24) is 0 Å². The van der Waals surface area contributed by atoms with Gasteiger partial charge < -0.3 is 14.3 Å². The molecule has 0 aromatic rings. The number of rotatable bonds is 5. The predicted octanol–water partition coefficient (Wildman–Crippen LogP) is 3.96. The second-order valence-corrected chi connectivity index (χ2v) is 8.86. The first-order chi connectivity index (χ1) is 10.9. The second-order valence-electron chi connectivity index (χ2n) is 8.86. The van der Waals surface area contributed by atoms with Crippen molar-refractivity contribution in [3.05, 3.63) is 12.2 Å². The molecular formula is C20H30O3. The number of hydrogen-bond acceptors (Lipinski definition) is 3. The molecule has 3 aliphatic rings. The molecule has 0 aromatic heterocycles. The first-order valence-corrected chi connectivity index (χ1v) is 9.09. The summed E-state index contributed by atoms with van der Waals surface area (Å²) >= 11 is 0. The molecule has 1 heterocycles. The van der Waals surface area contributed by atoms with Crippen molar-refractivity contribution < 1.29 is 14.3 Å². The van der Waals surface area contributed by atoms with Crippen LogP contribution in [0.15, 0.2) is 12.2 Å². The van der Waals surface area contributed by atoms with Gasteiger partial charge in [0, 0.05) is 18.3 Å². The maximum atomic E-state index is 11.2. The van der Waals surface area contributed by atoms with E-state index in [0.717, 1.165) is 25.6 Å². The van der Waals surface area contributed by atoms with Gasteiger partial charge in [-0.25, -0.2) is 0 Å². The smallest absolute Gasteiger partial charge is 0.127 e. The van der Waals surface area contributed by atoms with Crippen LogP contribution in [-0.2, 0) is 14.3 Å². The van der Waals surface area contributed by atoms with Crippen LogP contribution in [0.2, 0.25) is 0 Å². The van der Waals surface area contributed by atoms with E-state index in [-0.39, 0.29) is 23.4 Å². The number of aldehydes is 2. The van der Waals surface area contributed by atoms with E-state index in [0.29, 0.717) is 17.3 Å². The highest BCUT2D eigenvalue weighted by Crippen LogP contribution is 2.65. The van der Waals surface area contributed by atoms with E-state index in [1.165, 1.54) is 25.7 Å². The zero-order chi connectivity index (χ0) is 16.7. The normalized spacial score (nSPS) is 43.1. The Morgan fingerprint density at radius 1 is 1.17 bits per heavy atom. The quantitative estimate of drug-likeness (QED) is 0.438. The first kappa shape index (κ1) is 16.9. The van der Waals surface area contributed by atoms with Gasteiger partial charge in [-0.1, -0.05) is 39.3 Å². The zero-order valence-corrected chi connectivity index (χ0v) is 14.7. The van der Waals surface area contributed by atoms with Crippen molar-refractivity contribution in [2.24, 2.45) is 28.6 Å². The molecule has 3 rings (SSSR count). The molecule has 3 heteroatoms. The standard InChI is InChI=1S/C20H30O3/c1-18(2)9-4-10-19(3)16(18)7-11-20(14-23-20)17(19)6-5-15(13-22)8-12-21/h5-6,12-13,15-17H,4,7-11,14H2,1-3H3/b6-5-/t15-,16+,17+,19+,20-/m0/s1. The van der Waals surface area contributed by atoms with Gasteiger partial charge in [0.15, 0.2) is 0 Å². The molecule has 3 fully saturated rings. The molecule has 0 aromatic carbocycles. The molecule has 0 N–H and O–H groups in total. The molecule has 1 aliphatic heterocycles. The Kier molecular flexibility index (Phi) is 4.29. The second kappa shape index (κ2) is 5.84. The van der Waals surface area contributed by atoms with Gasteiger partial charge in [-0.05, 0) is 42.4 Å². The fraction of sp³-hybridized carbons (Fsp3) is 0.800. The predicted molar refractivity (Wildman–Crippen MR) is 90.0 cm³/mol. The van der Waals surface area contributed by atoms with E-state index in [2.05, 4.69) is 26.8 Å². The van der Waals surface area contributed by atoms with Crippen LogP contribution in [0.3, 0.4) is 0 Å². The number of ether oxygens (including phenoxy) is 1. The number of epoxide rings is 1. The van der Waals surface area contributed by atoms with Gasteiger partial charge in [-0.2, -0.15) is 0 Å². The Bertz CT molecular complexity index is 503. The number of carbonyl (C=O) groups excluding carboxylic acids is 2. The fourth-order valence-electron chi connectivity index (χ4n) is 5.76. The van der Waals surface area contributed by atoms with Crippen LogP contribution in [0.1, 0.15) is 59.3 Å². The summed E-state index contributed by atoms with van der Waals surface area (Å²) in [4.78, 5) is 21.9. The summed E-state index contributed by atoms with van der Waals surface area (Å²) in [7, 11) is 0. The van der Waals surface area contributed by atoms with Gasteiger partial charge in [-0.15, -0.1) is 0 Å². The molecule has 23 heavy (non-hydrogen) atoms. The number of allylic oxidation sites excluding steroid dienone is 1. The molecule has 2 saturated carbocycles. The molecule has 2 aliphatic carbocycles. The van der Waals surface area contributed by atoms with Gasteiger partial charge in [0.25, 0.3) is 0 Å². The van der Waals surface area contributed by atoms with E-state index in [4.69, 9.17) is 4.74 Å². The highest BCUT2D eigenvalue weighted by atomic mass is 16.6. The number of fused-ring (bicyclic) bond motifs is 1. The molecule has 1 spiro atoms. The Hall–Kier alpha value is -0.960. The third-order valence-electron chi connectivity index (χ3n) is 7.02. The first-order valence-electron chi connectivity index (χ1n) is 9.09. The van der Waals surface area contributed by atoms with Crippen LogP contribution in [0.25, 0.3) is 0 Å². The van der Waals surface area contributed by atoms with Crippen LogP contribution in [0.5, 0.6) is 0 Å². The average molecular weight is 318 g/mol. The van der Waals surface area contributed by atoms with Crippen LogP contribution >= 0.6 is 0 Å². The molecule has 3 nitrogen and oxygen atoms in total. The van der Waals surface area contributed by atoms with Crippen LogP contribution in [0, 0.1) is 28.6 Å². The lowest BCUT2D eigenvalue weighted by molar-refractivity contribution is -0.114. The molecule has 0 bridgehead atoms. The lowest BCUT2D eigenvalue weighted by atomic mass is 9.46. The van der Waals surface area contributed by atoms with Crippen LogP contribution in [0.4, 0.5) is 0 Å². The van der Waals surface area contributed by atoms with Gasteiger partial charge in [0.2, 0.25) is 0 Å². The van der Waals surface area contributed by atoms with Gasteiger partial charge in [0.1, 0.15) is 12.6 Å². The Morgan fingerprint density at radius 2 is 1.91 bits per heavy atom. The summed E-state index contributed by atoms with van der Waals surface area (Å²) in [6.07, 6.45) is 12.4. The summed E-state index contributed by atoms with van der Waals surface area (Å²) in [5, 5.41) is 0. The van der Waals surface area contributed by atoms with Crippen molar-refractivity contribution in [3.63, 3.8) is 0 Å². The number of carbonyl (C=O) groups is 2. The molecule has 1 saturated heterocycles. The van der Waals surface area contributed by atoms with E-state index in [1.54, 1.807) is 0 Å². The minimum Gasteiger partial charge on any atom is -0.369 e. The van der Waals surface area contributed by atoms with Crippen molar-refractivity contribution in [3.8, 4) is 0 Å². The van der Waals surface area contributed by atoms with Crippen molar-refractivity contribution in [1.29, 1.82) is 0 Å². The minimum atomic E-state index is -0.288. The van der Waals surface area contributed by atoms with Crippen molar-refractivity contribution in [2.45, 2.75) is 64.9 Å². The highest BCUT2D eigenvalue weighted by Gasteiger charge is 2.64. The van der Waals surface area contributed by atoms with Crippen molar-refractivity contribution in [2.75, 3.05) is 6.61 Å². The molecule has 0 radical (unpaired) electrons. The summed E-state index contributed by atoms with van der Waals surface area (Å²) in [5.74, 6) is 0.778. The maximum Gasteiger partial charge on any atom is 0.127 e. The van der Waals surface area contributed by atoms with Crippen LogP contribution < -0.4 is 0 Å². The van der Waals surface area contributed by atoms with Gasteiger partial charge in [-0.3, -0.25) is 0 Å². The Morgan fingerprint density at radius 3 is 2.52 bits per heavy atom. The summed E-state index contributed by atoms with van der Waals surface area (Å²) in [6, 6.07) is 0. The van der Waals surface area contributed by atoms with Gasteiger partial charge >= 0.3 is 0 Å². The van der Waals surface area contributed by atoms with Gasteiger partial charge in [0.05, 0.1) is 12.2 Å². The molecular weight excluding hydrogens is 288 g/mol. The van der Waals surface area contributed by atoms with Crippen LogP contribution in [-0.4, -0.2) is 24.8 Å². The Labute approximate surface area is 139 Å². The average Bonchev–Trinajstić information content (AvgIpc) is 3.24. The molecule has 0 amide bonds. The lowest BCUT2D eigenvalue weighted by Crippen LogP contribution is -2.54. The van der Waals surface area contributed by atoms with E-state index in [9.17, 15) is 9.59 Å². The molecule has 128 valence electrons. The molecule has 5 atom stereocenters. The monoisotopic (exact) mass is 318 g/mol. The number of hydrogen-bond donors (Lipinski definition) is 0. The minimum absolute atomic E-state index is 0.00375. The highest BCUT2D eigenvalue weighted by molar-refractivity contribution is 5.64. The van der Waals surface area contributed by atoms with E-state index < -0.39 is 0 Å². The van der Waals surface area contributed by atoms with E-state index >= 15 is 0 Å². The maximum absolute atomic E-state index is 11.2. The third-order valence-corrected chi connectivity index (χ3v) is 7.02. The topological polar surface area (TPSA) is 46.7 Å². The van der Waals surface area contributed by atoms with E-state index in [1.807, 2.05) is 6.08 Å². The Balaban J connectivity index is 1.89. The summed E-state index contributed by atoms with van der Waals surface area (Å²) < 4.78 is 5.95. The zero-order valence-electron chi connectivity index (χ0n) is 14.7. The summed E-state index contributed by atoms with van der Waals surface area (Å²) in [6.45, 7) is 8.13. The SMILES string of the molecule is CC1(C)CCC[C@]2(C)[C@@H]1CC[C@]1(CO1)[C@@H]2/C=C\[C@H](C=O)CC=O. The lowest BCUT2D eigenvalue weighted by Gasteiger charge is -2.58. The summed E-state index contributed by atoms with van der Waals surface area (Å²) in [5.41, 5.74) is 0.619. The molecule has 0 unspecified atom stereocenters. The fourth-order valence-corrected chi connectivity index (χ4v) is 5.76. The largest absolute Gasteiger partial charge is 0.369 e. The third kappa shape index (κ3) is 2.82.